The summed E-state index contributed by atoms with van der Waals surface area (Å²) in [5, 5.41) is 8.02. The second kappa shape index (κ2) is 7.99. The molecule has 1 N–H and O–H groups in total. The topological polar surface area (TPSA) is 54.9 Å². The summed E-state index contributed by atoms with van der Waals surface area (Å²) < 4.78 is 0. The van der Waals surface area contributed by atoms with Crippen LogP contribution in [0.15, 0.2) is 47.3 Å². The van der Waals surface area contributed by atoms with Crippen LogP contribution in [0.4, 0.5) is 0 Å². The largest absolute Gasteiger partial charge is 0.356 e. The van der Waals surface area contributed by atoms with E-state index in [1.807, 2.05) is 35.0 Å². The van der Waals surface area contributed by atoms with Crippen molar-refractivity contribution in [1.82, 2.24) is 15.3 Å². The molecule has 0 aromatic carbocycles. The third-order valence-electron chi connectivity index (χ3n) is 3.32. The minimum Gasteiger partial charge on any atom is -0.356 e. The number of thiazole rings is 1. The molecule has 1 amide bonds. The molecule has 0 bridgehead atoms. The fourth-order valence-corrected chi connectivity index (χ4v) is 3.65. The lowest BCUT2D eigenvalue weighted by Crippen LogP contribution is -2.25. The van der Waals surface area contributed by atoms with Crippen molar-refractivity contribution in [1.29, 1.82) is 0 Å². The zero-order valence-electron chi connectivity index (χ0n) is 12.6. The molecule has 0 atom stereocenters. The molecule has 118 valence electrons. The smallest absolute Gasteiger partial charge is 0.220 e. The first kappa shape index (κ1) is 15.8. The lowest BCUT2D eigenvalue weighted by molar-refractivity contribution is -0.121. The molecule has 23 heavy (non-hydrogen) atoms. The van der Waals surface area contributed by atoms with Gasteiger partial charge in [0.05, 0.1) is 16.4 Å². The summed E-state index contributed by atoms with van der Waals surface area (Å²) in [6, 6.07) is 9.87. The van der Waals surface area contributed by atoms with Gasteiger partial charge in [-0.25, -0.2) is 4.98 Å². The van der Waals surface area contributed by atoms with E-state index in [0.29, 0.717) is 13.0 Å². The number of nitrogens with zero attached hydrogens (tertiary/aromatic N) is 2. The molecule has 0 aliphatic carbocycles. The maximum Gasteiger partial charge on any atom is 0.220 e. The van der Waals surface area contributed by atoms with Gasteiger partial charge in [-0.05, 0) is 30.0 Å². The van der Waals surface area contributed by atoms with E-state index in [2.05, 4.69) is 21.4 Å². The molecule has 6 heteroatoms. The van der Waals surface area contributed by atoms with Gasteiger partial charge in [0, 0.05) is 35.8 Å². The number of nitrogens with one attached hydrogen (secondary N) is 1. The molecule has 0 spiro atoms. The number of thiophene rings is 1. The first-order valence-electron chi connectivity index (χ1n) is 7.46. The van der Waals surface area contributed by atoms with E-state index in [9.17, 15) is 4.79 Å². The van der Waals surface area contributed by atoms with Gasteiger partial charge < -0.3 is 5.32 Å². The third kappa shape index (κ3) is 4.71. The van der Waals surface area contributed by atoms with Crippen LogP contribution in [0.1, 0.15) is 16.3 Å². The Kier molecular flexibility index (Phi) is 5.50. The van der Waals surface area contributed by atoms with Gasteiger partial charge in [-0.3, -0.25) is 9.78 Å². The van der Waals surface area contributed by atoms with E-state index < -0.39 is 0 Å². The molecule has 0 unspecified atom stereocenters. The predicted molar refractivity (Wildman–Crippen MR) is 94.7 cm³/mol. The first-order chi connectivity index (χ1) is 11.3. The highest BCUT2D eigenvalue weighted by atomic mass is 32.1. The molecule has 3 rings (SSSR count). The number of hydrogen-bond donors (Lipinski definition) is 1. The second-order valence-corrected chi connectivity index (χ2v) is 7.00. The van der Waals surface area contributed by atoms with Crippen molar-refractivity contribution in [3.8, 4) is 11.4 Å². The van der Waals surface area contributed by atoms with Crippen LogP contribution in [0.2, 0.25) is 0 Å². The van der Waals surface area contributed by atoms with Crippen molar-refractivity contribution in [2.24, 2.45) is 0 Å². The molecule has 0 saturated heterocycles. The van der Waals surface area contributed by atoms with Gasteiger partial charge >= 0.3 is 0 Å². The normalized spacial score (nSPS) is 10.6. The zero-order chi connectivity index (χ0) is 15.9. The predicted octanol–water partition coefficient (Wildman–Crippen LogP) is 3.56. The number of aromatic nitrogens is 2. The molecule has 3 aromatic heterocycles. The Morgan fingerprint density at radius 3 is 2.83 bits per heavy atom. The van der Waals surface area contributed by atoms with Gasteiger partial charge in [0.25, 0.3) is 0 Å². The van der Waals surface area contributed by atoms with Gasteiger partial charge in [-0.1, -0.05) is 12.1 Å². The zero-order valence-corrected chi connectivity index (χ0v) is 14.2. The average molecular weight is 343 g/mol. The molecule has 0 aliphatic rings. The highest BCUT2D eigenvalue weighted by Gasteiger charge is 2.06. The lowest BCUT2D eigenvalue weighted by Gasteiger charge is -2.03. The number of pyridine rings is 1. The summed E-state index contributed by atoms with van der Waals surface area (Å²) in [7, 11) is 0. The van der Waals surface area contributed by atoms with Gasteiger partial charge in [0.2, 0.25) is 5.91 Å². The van der Waals surface area contributed by atoms with E-state index in [4.69, 9.17) is 0 Å². The molecule has 3 heterocycles. The third-order valence-corrected chi connectivity index (χ3v) is 5.16. The Bertz CT molecular complexity index is 738. The molecular weight excluding hydrogens is 326 g/mol. The molecule has 4 nitrogen and oxygen atoms in total. The SMILES string of the molecule is O=C(CCc1cccs1)NCCc1nc(-c2ccccn2)cs1. The summed E-state index contributed by atoms with van der Waals surface area (Å²) in [5.41, 5.74) is 1.78. The average Bonchev–Trinajstić information content (AvgIpc) is 3.26. The monoisotopic (exact) mass is 343 g/mol. The van der Waals surface area contributed by atoms with Crippen molar-refractivity contribution < 1.29 is 4.79 Å². The van der Waals surface area contributed by atoms with E-state index >= 15 is 0 Å². The van der Waals surface area contributed by atoms with Crippen LogP contribution >= 0.6 is 22.7 Å². The van der Waals surface area contributed by atoms with Crippen molar-refractivity contribution >= 4 is 28.6 Å². The molecule has 0 fully saturated rings. The van der Waals surface area contributed by atoms with Crippen LogP contribution in [-0.4, -0.2) is 22.4 Å². The molecular formula is C17H17N3OS2. The Morgan fingerprint density at radius 1 is 1.09 bits per heavy atom. The summed E-state index contributed by atoms with van der Waals surface area (Å²) in [4.78, 5) is 21.9. The minimum absolute atomic E-state index is 0.0971. The number of carbonyl (C=O) groups is 1. The number of aryl methyl sites for hydroxylation is 1. The maximum atomic E-state index is 11.8. The lowest BCUT2D eigenvalue weighted by atomic mass is 10.2. The van der Waals surface area contributed by atoms with Crippen LogP contribution in [-0.2, 0) is 17.6 Å². The van der Waals surface area contributed by atoms with E-state index in [-0.39, 0.29) is 5.91 Å². The van der Waals surface area contributed by atoms with E-state index in [1.165, 1.54) is 4.88 Å². The first-order valence-corrected chi connectivity index (χ1v) is 9.22. The number of rotatable bonds is 7. The maximum absolute atomic E-state index is 11.8. The van der Waals surface area contributed by atoms with Crippen LogP contribution in [0.5, 0.6) is 0 Å². The van der Waals surface area contributed by atoms with Crippen molar-refractivity contribution in [3.05, 3.63) is 57.2 Å². The van der Waals surface area contributed by atoms with Crippen molar-refractivity contribution in [3.63, 3.8) is 0 Å². The summed E-state index contributed by atoms with van der Waals surface area (Å²) >= 11 is 3.30. The molecule has 0 aliphatic heterocycles. The highest BCUT2D eigenvalue weighted by molar-refractivity contribution is 7.10. The van der Waals surface area contributed by atoms with Crippen molar-refractivity contribution in [2.75, 3.05) is 6.54 Å². The fourth-order valence-electron chi connectivity index (χ4n) is 2.15. The van der Waals surface area contributed by atoms with E-state index in [1.54, 1.807) is 28.9 Å². The quantitative estimate of drug-likeness (QED) is 0.714. The molecule has 0 saturated carbocycles. The van der Waals surface area contributed by atoms with Gasteiger partial charge in [0.1, 0.15) is 0 Å². The van der Waals surface area contributed by atoms with Gasteiger partial charge in [-0.15, -0.1) is 22.7 Å². The van der Waals surface area contributed by atoms with Crippen LogP contribution in [0, 0.1) is 0 Å². The van der Waals surface area contributed by atoms with Gasteiger partial charge in [-0.2, -0.15) is 0 Å². The number of hydrogen-bond acceptors (Lipinski definition) is 5. The standard InChI is InChI=1S/C17H17N3OS2/c21-16(7-6-13-4-3-11-22-13)19-10-8-17-20-15(12-23-17)14-5-1-2-9-18-14/h1-5,9,11-12H,6-8,10H2,(H,19,21). The Labute approximate surface area is 143 Å². The number of amides is 1. The summed E-state index contributed by atoms with van der Waals surface area (Å²) in [5.74, 6) is 0.0971. The summed E-state index contributed by atoms with van der Waals surface area (Å²) in [6.45, 7) is 0.623. The number of carbonyl (C=O) groups excluding carboxylic acids is 1. The van der Waals surface area contributed by atoms with Crippen molar-refractivity contribution in [2.45, 2.75) is 19.3 Å². The van der Waals surface area contributed by atoms with E-state index in [0.717, 1.165) is 29.2 Å². The fraction of sp³-hybridized carbons (Fsp3) is 0.235. The van der Waals surface area contributed by atoms with Gasteiger partial charge in [0.15, 0.2) is 0 Å². The molecule has 0 radical (unpaired) electrons. The Balaban J connectivity index is 1.42. The second-order valence-electron chi connectivity index (χ2n) is 5.02. The Hall–Kier alpha value is -2.05. The summed E-state index contributed by atoms with van der Waals surface area (Å²) in [6.07, 6.45) is 3.87. The van der Waals surface area contributed by atoms with Crippen LogP contribution < -0.4 is 5.32 Å². The minimum atomic E-state index is 0.0971. The van der Waals surface area contributed by atoms with Crippen LogP contribution in [0.3, 0.4) is 0 Å². The highest BCUT2D eigenvalue weighted by Crippen LogP contribution is 2.19. The van der Waals surface area contributed by atoms with Crippen LogP contribution in [0.25, 0.3) is 11.4 Å². The molecule has 3 aromatic rings. The Morgan fingerprint density at radius 2 is 2.04 bits per heavy atom.